The minimum Gasteiger partial charge on any atom is -0.205 e. The molecule has 1 aliphatic carbocycles. The first-order valence-electron chi connectivity index (χ1n) is 2.02. The summed E-state index contributed by atoms with van der Waals surface area (Å²) < 4.78 is 23.5. The van der Waals surface area contributed by atoms with Crippen LogP contribution in [0.3, 0.4) is 0 Å². The van der Waals surface area contributed by atoms with E-state index in [2.05, 4.69) is 0 Å². The van der Waals surface area contributed by atoms with Gasteiger partial charge in [0.15, 0.2) is 0 Å². The predicted octanol–water partition coefficient (Wildman–Crippen LogP) is 2.19. The summed E-state index contributed by atoms with van der Waals surface area (Å²) in [5.41, 5.74) is 0. The fourth-order valence-corrected chi connectivity index (χ4v) is 0.597. The summed E-state index contributed by atoms with van der Waals surface area (Å²) in [6.45, 7) is 0. The van der Waals surface area contributed by atoms with Crippen molar-refractivity contribution in [3.05, 3.63) is 5.38 Å². The van der Waals surface area contributed by atoms with Crippen molar-refractivity contribution in [3.63, 3.8) is 0 Å². The molecule has 0 nitrogen and oxygen atoms in total. The topological polar surface area (TPSA) is 0 Å². The molecule has 0 aromatic carbocycles. The third-order valence-electron chi connectivity index (χ3n) is 1.06. The van der Waals surface area contributed by atoms with Crippen LogP contribution in [-0.2, 0) is 0 Å². The van der Waals surface area contributed by atoms with Gasteiger partial charge >= 0.3 is 0 Å². The van der Waals surface area contributed by atoms with Crippen LogP contribution in [0.1, 0.15) is 12.8 Å². The summed E-state index contributed by atoms with van der Waals surface area (Å²) in [6.07, 6.45) is 0.320. The maximum Gasteiger partial charge on any atom is 0.268 e. The van der Waals surface area contributed by atoms with Crippen molar-refractivity contribution >= 4 is 11.6 Å². The molecule has 0 aromatic heterocycles. The van der Waals surface area contributed by atoms with Gasteiger partial charge in [0.25, 0.3) is 5.92 Å². The van der Waals surface area contributed by atoms with Crippen LogP contribution in [0.5, 0.6) is 0 Å². The van der Waals surface area contributed by atoms with E-state index in [-0.39, 0.29) is 11.8 Å². The molecule has 0 unspecified atom stereocenters. The van der Waals surface area contributed by atoms with Crippen molar-refractivity contribution in [3.8, 4) is 0 Å². The van der Waals surface area contributed by atoms with E-state index in [1.54, 1.807) is 0 Å². The lowest BCUT2D eigenvalue weighted by molar-refractivity contribution is -0.0275. The second-order valence-electron chi connectivity index (χ2n) is 1.61. The molecule has 1 saturated carbocycles. The Bertz CT molecular complexity index is 81.8. The fourth-order valence-electron chi connectivity index (χ4n) is 0.408. The number of rotatable bonds is 0. The molecule has 0 bridgehead atoms. The highest BCUT2D eigenvalue weighted by molar-refractivity contribution is 6.28. The van der Waals surface area contributed by atoms with Crippen LogP contribution in [-0.4, -0.2) is 5.92 Å². The smallest absolute Gasteiger partial charge is 0.205 e. The minimum atomic E-state index is -2.64. The Morgan fingerprint density at radius 3 is 2.00 bits per heavy atom. The second-order valence-corrected chi connectivity index (χ2v) is 2.07. The van der Waals surface area contributed by atoms with Gasteiger partial charge in [0, 0.05) is 6.42 Å². The quantitative estimate of drug-likeness (QED) is 0.466. The van der Waals surface area contributed by atoms with E-state index in [9.17, 15) is 8.78 Å². The Kier molecular flexibility index (Phi) is 0.991. The SMILES string of the molecule is FC1(F)CC[C]1Cl. The largest absolute Gasteiger partial charge is 0.268 e. The van der Waals surface area contributed by atoms with Crippen molar-refractivity contribution in [2.24, 2.45) is 0 Å². The predicted molar refractivity (Wildman–Crippen MR) is 23.3 cm³/mol. The summed E-state index contributed by atoms with van der Waals surface area (Å²) in [5, 5.41) is -0.187. The van der Waals surface area contributed by atoms with E-state index in [0.29, 0.717) is 6.42 Å². The lowest BCUT2D eigenvalue weighted by atomic mass is 9.94. The van der Waals surface area contributed by atoms with E-state index in [1.807, 2.05) is 0 Å². The van der Waals surface area contributed by atoms with E-state index >= 15 is 0 Å². The maximum atomic E-state index is 11.8. The van der Waals surface area contributed by atoms with Gasteiger partial charge in [-0.25, -0.2) is 8.78 Å². The zero-order valence-electron chi connectivity index (χ0n) is 3.55. The first-order valence-corrected chi connectivity index (χ1v) is 2.40. The van der Waals surface area contributed by atoms with Gasteiger partial charge in [0.1, 0.15) is 5.38 Å². The van der Waals surface area contributed by atoms with Crippen LogP contribution in [0, 0.1) is 5.38 Å². The van der Waals surface area contributed by atoms with Crippen LogP contribution in [0.15, 0.2) is 0 Å². The van der Waals surface area contributed by atoms with Gasteiger partial charge < -0.3 is 0 Å². The molecule has 0 saturated heterocycles. The lowest BCUT2D eigenvalue weighted by Gasteiger charge is -2.29. The Labute approximate surface area is 45.5 Å². The molecule has 0 heterocycles. The molecule has 1 aliphatic rings. The van der Waals surface area contributed by atoms with E-state index in [0.717, 1.165) is 0 Å². The highest BCUT2D eigenvalue weighted by Crippen LogP contribution is 2.47. The zero-order chi connectivity index (χ0) is 5.49. The highest BCUT2D eigenvalue weighted by atomic mass is 35.5. The summed E-state index contributed by atoms with van der Waals surface area (Å²) in [5.74, 6) is -2.64. The molecule has 0 aromatic rings. The van der Waals surface area contributed by atoms with E-state index in [1.165, 1.54) is 0 Å². The lowest BCUT2D eigenvalue weighted by Crippen LogP contribution is -2.32. The third-order valence-corrected chi connectivity index (χ3v) is 1.52. The molecule has 3 heteroatoms. The molecular weight excluding hydrogens is 121 g/mol. The first kappa shape index (κ1) is 5.29. The second kappa shape index (κ2) is 1.31. The normalized spacial score (nSPS) is 29.6. The van der Waals surface area contributed by atoms with Crippen molar-refractivity contribution < 1.29 is 8.78 Å². The van der Waals surface area contributed by atoms with E-state index in [4.69, 9.17) is 11.6 Å². The summed E-state index contributed by atoms with van der Waals surface area (Å²) in [4.78, 5) is 0. The standard InChI is InChI=1S/C4H4ClF2/c5-3-1-2-4(3,6)7/h1-2H2. The van der Waals surface area contributed by atoms with Gasteiger partial charge in [-0.05, 0) is 6.42 Å². The third kappa shape index (κ3) is 0.717. The van der Waals surface area contributed by atoms with Gasteiger partial charge in [-0.2, -0.15) is 0 Å². The number of alkyl halides is 2. The average molecular weight is 126 g/mol. The van der Waals surface area contributed by atoms with Gasteiger partial charge in [-0.1, -0.05) is 0 Å². The Hall–Kier alpha value is 0.150. The molecule has 0 atom stereocenters. The maximum absolute atomic E-state index is 11.8. The monoisotopic (exact) mass is 125 g/mol. The molecule has 1 radical (unpaired) electrons. The fraction of sp³-hybridized carbons (Fsp3) is 0.750. The first-order chi connectivity index (χ1) is 3.13. The van der Waals surface area contributed by atoms with Crippen molar-refractivity contribution in [2.45, 2.75) is 18.8 Å². The van der Waals surface area contributed by atoms with Gasteiger partial charge in [0.05, 0.1) is 0 Å². The summed E-state index contributed by atoms with van der Waals surface area (Å²) in [7, 11) is 0. The van der Waals surface area contributed by atoms with Gasteiger partial charge in [0.2, 0.25) is 0 Å². The van der Waals surface area contributed by atoms with Crippen LogP contribution in [0.25, 0.3) is 0 Å². The Morgan fingerprint density at radius 2 is 2.00 bits per heavy atom. The molecule has 0 aliphatic heterocycles. The van der Waals surface area contributed by atoms with Crippen molar-refractivity contribution in [1.82, 2.24) is 0 Å². The Balaban J connectivity index is 2.43. The van der Waals surface area contributed by atoms with Gasteiger partial charge in [-0.15, -0.1) is 11.6 Å². The molecule has 0 N–H and O–H groups in total. The molecule has 0 spiro atoms. The molecule has 1 rings (SSSR count). The van der Waals surface area contributed by atoms with E-state index < -0.39 is 5.92 Å². The van der Waals surface area contributed by atoms with Crippen LogP contribution >= 0.6 is 11.6 Å². The van der Waals surface area contributed by atoms with Gasteiger partial charge in [-0.3, -0.25) is 0 Å². The molecular formula is C4H4ClF2. The number of hydrogen-bond donors (Lipinski definition) is 0. The summed E-state index contributed by atoms with van der Waals surface area (Å²) >= 11 is 5.01. The van der Waals surface area contributed by atoms with Crippen LogP contribution < -0.4 is 0 Å². The van der Waals surface area contributed by atoms with Crippen LogP contribution in [0.4, 0.5) is 8.78 Å². The highest BCUT2D eigenvalue weighted by Gasteiger charge is 2.47. The van der Waals surface area contributed by atoms with Crippen LogP contribution in [0.2, 0.25) is 0 Å². The average Bonchev–Trinajstić information content (AvgIpc) is 1.63. The van der Waals surface area contributed by atoms with Crippen molar-refractivity contribution in [1.29, 1.82) is 0 Å². The molecule has 7 heavy (non-hydrogen) atoms. The minimum absolute atomic E-state index is 0.0637. The van der Waals surface area contributed by atoms with Crippen molar-refractivity contribution in [2.75, 3.05) is 0 Å². The molecule has 0 amide bonds. The number of hydrogen-bond acceptors (Lipinski definition) is 0. The summed E-state index contributed by atoms with van der Waals surface area (Å²) in [6, 6.07) is 0. The zero-order valence-corrected chi connectivity index (χ0v) is 4.30. The Morgan fingerprint density at radius 1 is 1.57 bits per heavy atom. The molecule has 41 valence electrons. The number of halogens is 3. The molecule has 1 fully saturated rings.